The van der Waals surface area contributed by atoms with Crippen molar-refractivity contribution in [2.24, 2.45) is 5.73 Å². The molecule has 0 radical (unpaired) electrons. The molecule has 1 fully saturated rings. The molecule has 0 bridgehead atoms. The zero-order valence-electron chi connectivity index (χ0n) is 9.95. The zero-order chi connectivity index (χ0) is 12.1. The van der Waals surface area contributed by atoms with Crippen LogP contribution in [-0.2, 0) is 6.54 Å². The number of nitrogens with one attached hydrogen (secondary N) is 1. The third-order valence-corrected chi connectivity index (χ3v) is 2.89. The standard InChI is InChI=1S/C12H19N3O2/c13-5-6-14-12(16)11-4-3-10(17-11)9-15-7-1-2-8-15/h3-4H,1-2,5-9,13H2,(H,14,16). The van der Waals surface area contributed by atoms with Crippen LogP contribution in [0.15, 0.2) is 16.5 Å². The van der Waals surface area contributed by atoms with Gasteiger partial charge in [-0.25, -0.2) is 0 Å². The van der Waals surface area contributed by atoms with Crippen molar-refractivity contribution < 1.29 is 9.21 Å². The number of nitrogens with two attached hydrogens (primary N) is 1. The van der Waals surface area contributed by atoms with E-state index in [0.29, 0.717) is 18.8 Å². The van der Waals surface area contributed by atoms with E-state index in [2.05, 4.69) is 10.2 Å². The summed E-state index contributed by atoms with van der Waals surface area (Å²) in [5.41, 5.74) is 5.32. The second kappa shape index (κ2) is 5.84. The predicted molar refractivity (Wildman–Crippen MR) is 64.6 cm³/mol. The number of nitrogens with zero attached hydrogens (tertiary/aromatic N) is 1. The van der Waals surface area contributed by atoms with Crippen molar-refractivity contribution >= 4 is 5.91 Å². The Hall–Kier alpha value is -1.33. The molecule has 1 aliphatic heterocycles. The number of carbonyl (C=O) groups excluding carboxylic acids is 1. The van der Waals surface area contributed by atoms with E-state index in [9.17, 15) is 4.79 Å². The number of furan rings is 1. The molecule has 1 aromatic rings. The normalized spacial score (nSPS) is 16.3. The van der Waals surface area contributed by atoms with Gasteiger partial charge in [-0.1, -0.05) is 0 Å². The van der Waals surface area contributed by atoms with Crippen LogP contribution in [0.1, 0.15) is 29.2 Å². The summed E-state index contributed by atoms with van der Waals surface area (Å²) in [5.74, 6) is 1.03. The summed E-state index contributed by atoms with van der Waals surface area (Å²) in [4.78, 5) is 13.9. The summed E-state index contributed by atoms with van der Waals surface area (Å²) < 4.78 is 5.51. The van der Waals surface area contributed by atoms with Gasteiger partial charge in [0.2, 0.25) is 0 Å². The average molecular weight is 237 g/mol. The van der Waals surface area contributed by atoms with Crippen LogP contribution in [0.4, 0.5) is 0 Å². The van der Waals surface area contributed by atoms with E-state index < -0.39 is 0 Å². The SMILES string of the molecule is NCCNC(=O)c1ccc(CN2CCCC2)o1. The molecule has 0 saturated carbocycles. The maximum atomic E-state index is 11.6. The molecule has 1 amide bonds. The van der Waals surface area contributed by atoms with Crippen molar-refractivity contribution in [3.63, 3.8) is 0 Å². The molecule has 1 aromatic heterocycles. The lowest BCUT2D eigenvalue weighted by Gasteiger charge is -2.11. The Morgan fingerprint density at radius 2 is 2.18 bits per heavy atom. The minimum absolute atomic E-state index is 0.192. The topological polar surface area (TPSA) is 71.5 Å². The number of carbonyl (C=O) groups is 1. The van der Waals surface area contributed by atoms with Crippen LogP contribution >= 0.6 is 0 Å². The molecule has 1 aliphatic rings. The molecule has 3 N–H and O–H groups in total. The summed E-state index contributed by atoms with van der Waals surface area (Å²) in [6.07, 6.45) is 2.51. The van der Waals surface area contributed by atoms with Crippen molar-refractivity contribution in [1.29, 1.82) is 0 Å². The molecule has 94 valence electrons. The van der Waals surface area contributed by atoms with Gasteiger partial charge < -0.3 is 15.5 Å². The second-order valence-corrected chi connectivity index (χ2v) is 4.29. The van der Waals surface area contributed by atoms with E-state index >= 15 is 0 Å². The highest BCUT2D eigenvalue weighted by molar-refractivity contribution is 5.91. The molecular formula is C12H19N3O2. The Morgan fingerprint density at radius 3 is 2.88 bits per heavy atom. The first-order chi connectivity index (χ1) is 8.29. The quantitative estimate of drug-likeness (QED) is 0.785. The van der Waals surface area contributed by atoms with Crippen LogP contribution < -0.4 is 11.1 Å². The van der Waals surface area contributed by atoms with E-state index in [1.54, 1.807) is 6.07 Å². The summed E-state index contributed by atoms with van der Waals surface area (Å²) in [6.45, 7) is 3.95. The number of amides is 1. The highest BCUT2D eigenvalue weighted by atomic mass is 16.4. The van der Waals surface area contributed by atoms with Crippen LogP contribution in [0.25, 0.3) is 0 Å². The van der Waals surface area contributed by atoms with Gasteiger partial charge in [-0.15, -0.1) is 0 Å². The first-order valence-electron chi connectivity index (χ1n) is 6.09. The Balaban J connectivity index is 1.88. The van der Waals surface area contributed by atoms with Crippen LogP contribution in [0, 0.1) is 0 Å². The molecule has 0 atom stereocenters. The van der Waals surface area contributed by atoms with Gasteiger partial charge in [0.05, 0.1) is 6.54 Å². The maximum Gasteiger partial charge on any atom is 0.287 e. The molecular weight excluding hydrogens is 218 g/mol. The Kier molecular flexibility index (Phi) is 4.17. The number of hydrogen-bond donors (Lipinski definition) is 2. The van der Waals surface area contributed by atoms with E-state index in [0.717, 1.165) is 25.4 Å². The lowest BCUT2D eigenvalue weighted by Crippen LogP contribution is -2.28. The van der Waals surface area contributed by atoms with E-state index in [1.807, 2.05) is 6.07 Å². The minimum atomic E-state index is -0.192. The van der Waals surface area contributed by atoms with Gasteiger partial charge in [0, 0.05) is 13.1 Å². The largest absolute Gasteiger partial charge is 0.455 e. The lowest BCUT2D eigenvalue weighted by atomic mass is 10.4. The third-order valence-electron chi connectivity index (χ3n) is 2.89. The van der Waals surface area contributed by atoms with E-state index in [-0.39, 0.29) is 5.91 Å². The number of likely N-dealkylation sites (tertiary alicyclic amines) is 1. The molecule has 0 unspecified atom stereocenters. The summed E-state index contributed by atoms with van der Waals surface area (Å²) in [5, 5.41) is 2.68. The molecule has 0 aromatic carbocycles. The smallest absolute Gasteiger partial charge is 0.287 e. The number of hydrogen-bond acceptors (Lipinski definition) is 4. The van der Waals surface area contributed by atoms with Gasteiger partial charge in [0.1, 0.15) is 5.76 Å². The molecule has 1 saturated heterocycles. The van der Waals surface area contributed by atoms with Crippen LogP contribution in [-0.4, -0.2) is 37.0 Å². The monoisotopic (exact) mass is 237 g/mol. The van der Waals surface area contributed by atoms with Gasteiger partial charge in [0.15, 0.2) is 5.76 Å². The average Bonchev–Trinajstić information content (AvgIpc) is 2.98. The van der Waals surface area contributed by atoms with Gasteiger partial charge in [-0.2, -0.15) is 0 Å². The molecule has 2 rings (SSSR count). The summed E-state index contributed by atoms with van der Waals surface area (Å²) in [7, 11) is 0. The zero-order valence-corrected chi connectivity index (χ0v) is 9.95. The lowest BCUT2D eigenvalue weighted by molar-refractivity contribution is 0.0923. The molecule has 17 heavy (non-hydrogen) atoms. The van der Waals surface area contributed by atoms with Crippen molar-refractivity contribution in [3.8, 4) is 0 Å². The fourth-order valence-corrected chi connectivity index (χ4v) is 2.02. The van der Waals surface area contributed by atoms with Crippen molar-refractivity contribution in [1.82, 2.24) is 10.2 Å². The van der Waals surface area contributed by atoms with Crippen LogP contribution in [0.2, 0.25) is 0 Å². The molecule has 0 aliphatic carbocycles. The molecule has 2 heterocycles. The predicted octanol–water partition coefficient (Wildman–Crippen LogP) is 0.564. The van der Waals surface area contributed by atoms with E-state index in [1.165, 1.54) is 12.8 Å². The third kappa shape index (κ3) is 3.31. The summed E-state index contributed by atoms with van der Waals surface area (Å²) in [6, 6.07) is 3.59. The molecule has 0 spiro atoms. The highest BCUT2D eigenvalue weighted by Gasteiger charge is 2.15. The van der Waals surface area contributed by atoms with Gasteiger partial charge in [-0.3, -0.25) is 9.69 Å². The van der Waals surface area contributed by atoms with Gasteiger partial charge in [0.25, 0.3) is 5.91 Å². The van der Waals surface area contributed by atoms with Gasteiger partial charge >= 0.3 is 0 Å². The minimum Gasteiger partial charge on any atom is -0.455 e. The van der Waals surface area contributed by atoms with Gasteiger partial charge in [-0.05, 0) is 38.1 Å². The van der Waals surface area contributed by atoms with Crippen molar-refractivity contribution in [2.45, 2.75) is 19.4 Å². The van der Waals surface area contributed by atoms with Crippen LogP contribution in [0.5, 0.6) is 0 Å². The van der Waals surface area contributed by atoms with Crippen LogP contribution in [0.3, 0.4) is 0 Å². The second-order valence-electron chi connectivity index (χ2n) is 4.29. The first-order valence-corrected chi connectivity index (χ1v) is 6.09. The van der Waals surface area contributed by atoms with E-state index in [4.69, 9.17) is 10.2 Å². The molecule has 5 nitrogen and oxygen atoms in total. The Morgan fingerprint density at radius 1 is 1.41 bits per heavy atom. The fraction of sp³-hybridized carbons (Fsp3) is 0.583. The summed E-state index contributed by atoms with van der Waals surface area (Å²) >= 11 is 0. The Labute approximate surface area is 101 Å². The number of rotatable bonds is 5. The Bertz CT molecular complexity index is 370. The molecule has 5 heteroatoms. The van der Waals surface area contributed by atoms with Crippen molar-refractivity contribution in [2.75, 3.05) is 26.2 Å². The first kappa shape index (κ1) is 12.1. The fourth-order valence-electron chi connectivity index (χ4n) is 2.02. The van der Waals surface area contributed by atoms with Crippen molar-refractivity contribution in [3.05, 3.63) is 23.7 Å². The highest BCUT2D eigenvalue weighted by Crippen LogP contribution is 2.14. The maximum absolute atomic E-state index is 11.6.